The van der Waals surface area contributed by atoms with E-state index in [4.69, 9.17) is 35.4 Å². The van der Waals surface area contributed by atoms with Crippen LogP contribution in [0.4, 0.5) is 0 Å². The van der Waals surface area contributed by atoms with Crippen molar-refractivity contribution in [1.82, 2.24) is 9.97 Å². The van der Waals surface area contributed by atoms with Crippen LogP contribution in [0, 0.1) is 3.95 Å². The number of nitrogens with one attached hydrogen (secondary N) is 1. The van der Waals surface area contributed by atoms with E-state index in [2.05, 4.69) is 41.8 Å². The van der Waals surface area contributed by atoms with E-state index in [-0.39, 0.29) is 0 Å². The van der Waals surface area contributed by atoms with Gasteiger partial charge >= 0.3 is 0 Å². The first-order valence-corrected chi connectivity index (χ1v) is 10.6. The third-order valence-electron chi connectivity index (χ3n) is 2.87. The number of aromatic nitrogens is 2. The number of nitrogens with zero attached hydrogens (tertiary/aromatic N) is 1. The van der Waals surface area contributed by atoms with Crippen molar-refractivity contribution >= 4 is 110 Å². The van der Waals surface area contributed by atoms with Crippen LogP contribution in [-0.4, -0.2) is 9.97 Å². The summed E-state index contributed by atoms with van der Waals surface area (Å²) in [5, 5.41) is 1.48. The number of rotatable bonds is 0. The molecular formula is C14H6Br2Cl2N2S3. The highest BCUT2D eigenvalue weighted by molar-refractivity contribution is 9.10. The van der Waals surface area contributed by atoms with Crippen molar-refractivity contribution in [1.29, 1.82) is 0 Å². The highest BCUT2D eigenvalue weighted by Crippen LogP contribution is 2.34. The molecule has 0 amide bonds. The highest BCUT2D eigenvalue weighted by Gasteiger charge is 2.05. The zero-order valence-electron chi connectivity index (χ0n) is 11.1. The predicted molar refractivity (Wildman–Crippen MR) is 112 cm³/mol. The Kier molecular flexibility index (Phi) is 5.78. The minimum Gasteiger partial charge on any atom is -0.337 e. The molecule has 4 rings (SSSR count). The predicted octanol–water partition coefficient (Wildman–Crippen LogP) is 8.09. The molecule has 0 spiro atoms. The van der Waals surface area contributed by atoms with E-state index >= 15 is 0 Å². The molecule has 0 radical (unpaired) electrons. The summed E-state index contributed by atoms with van der Waals surface area (Å²) in [6.45, 7) is 0. The largest absolute Gasteiger partial charge is 0.337 e. The highest BCUT2D eigenvalue weighted by atomic mass is 79.9. The molecule has 2 nitrogen and oxygen atoms in total. The van der Waals surface area contributed by atoms with Crippen LogP contribution in [0.3, 0.4) is 0 Å². The van der Waals surface area contributed by atoms with Gasteiger partial charge in [-0.15, -0.1) is 22.7 Å². The molecule has 0 saturated carbocycles. The summed E-state index contributed by atoms with van der Waals surface area (Å²) in [5.41, 5.74) is 3.75. The first-order chi connectivity index (χ1) is 11.0. The fourth-order valence-corrected chi connectivity index (χ4v) is 5.19. The normalized spacial score (nSPS) is 10.8. The summed E-state index contributed by atoms with van der Waals surface area (Å²) in [6, 6.07) is 7.71. The number of hydrogen-bond donors (Lipinski definition) is 1. The van der Waals surface area contributed by atoms with Gasteiger partial charge in [0.15, 0.2) is 3.95 Å². The number of thiazole rings is 2. The summed E-state index contributed by atoms with van der Waals surface area (Å²) in [4.78, 5) is 7.19. The Morgan fingerprint density at radius 2 is 1.65 bits per heavy atom. The van der Waals surface area contributed by atoms with E-state index < -0.39 is 0 Å². The van der Waals surface area contributed by atoms with Crippen molar-refractivity contribution in [2.75, 3.05) is 0 Å². The summed E-state index contributed by atoms with van der Waals surface area (Å²) >= 11 is 26.8. The molecule has 0 aliphatic rings. The third kappa shape index (κ3) is 3.81. The van der Waals surface area contributed by atoms with Crippen LogP contribution in [0.5, 0.6) is 0 Å². The third-order valence-corrected chi connectivity index (χ3v) is 7.79. The standard InChI is InChI=1S/C7H3BrClNS2.C7H3BrClNS/c8-3-1-2-4-6(5(3)9)12-7(11)10-4;8-4-1-2-5-7(6(4)9)11-3-10-5/h1-2H,(H,10,11);1-3H. The monoisotopic (exact) mass is 526 g/mol. The summed E-state index contributed by atoms with van der Waals surface area (Å²) in [5.74, 6) is 0. The number of fused-ring (bicyclic) bond motifs is 2. The molecule has 0 aliphatic heterocycles. The Bertz CT molecular complexity index is 1060. The van der Waals surface area contributed by atoms with Crippen LogP contribution in [0.25, 0.3) is 20.4 Å². The zero-order valence-corrected chi connectivity index (χ0v) is 18.2. The van der Waals surface area contributed by atoms with Crippen molar-refractivity contribution in [3.8, 4) is 0 Å². The minimum atomic E-state index is 0.727. The van der Waals surface area contributed by atoms with E-state index in [0.717, 1.165) is 43.4 Å². The van der Waals surface area contributed by atoms with Crippen molar-refractivity contribution in [3.05, 3.63) is 52.7 Å². The molecule has 4 aromatic rings. The van der Waals surface area contributed by atoms with Gasteiger partial charge < -0.3 is 4.98 Å². The fraction of sp³-hybridized carbons (Fsp3) is 0. The van der Waals surface area contributed by atoms with Crippen LogP contribution < -0.4 is 0 Å². The SMILES string of the molecule is Clc1c(Br)ccc2ncsc12.S=c1[nH]c2ccc(Br)c(Cl)c2s1. The average Bonchev–Trinajstić information content (AvgIpc) is 3.14. The van der Waals surface area contributed by atoms with E-state index in [1.54, 1.807) is 16.8 Å². The molecular weight excluding hydrogens is 523 g/mol. The van der Waals surface area contributed by atoms with Crippen LogP contribution in [-0.2, 0) is 0 Å². The Balaban J connectivity index is 0.000000136. The van der Waals surface area contributed by atoms with Gasteiger partial charge in [0.1, 0.15) is 0 Å². The second-order valence-electron chi connectivity index (χ2n) is 4.31. The van der Waals surface area contributed by atoms with Gasteiger partial charge in [-0.25, -0.2) is 4.98 Å². The minimum absolute atomic E-state index is 0.727. The van der Waals surface area contributed by atoms with Crippen molar-refractivity contribution in [2.24, 2.45) is 0 Å². The number of aromatic amines is 1. The Hall–Kier alpha value is -0.0200. The summed E-state index contributed by atoms with van der Waals surface area (Å²) in [6.07, 6.45) is 0. The Morgan fingerprint density at radius 3 is 2.39 bits per heavy atom. The average molecular weight is 529 g/mol. The molecule has 0 atom stereocenters. The van der Waals surface area contributed by atoms with Crippen LogP contribution in [0.2, 0.25) is 10.0 Å². The first-order valence-electron chi connectivity index (χ1n) is 6.11. The number of halogens is 4. The van der Waals surface area contributed by atoms with E-state index in [9.17, 15) is 0 Å². The van der Waals surface area contributed by atoms with E-state index in [0.29, 0.717) is 0 Å². The molecule has 2 heterocycles. The molecule has 9 heteroatoms. The lowest BCUT2D eigenvalue weighted by Crippen LogP contribution is -1.70. The molecule has 0 unspecified atom stereocenters. The molecule has 2 aromatic carbocycles. The maximum absolute atomic E-state index is 6.04. The van der Waals surface area contributed by atoms with Gasteiger partial charge in [0.05, 0.1) is 36.0 Å². The molecule has 0 aliphatic carbocycles. The van der Waals surface area contributed by atoms with E-state index in [1.807, 2.05) is 24.3 Å². The van der Waals surface area contributed by atoms with Gasteiger partial charge in [0.2, 0.25) is 0 Å². The van der Waals surface area contributed by atoms with Gasteiger partial charge in [-0.3, -0.25) is 0 Å². The zero-order chi connectivity index (χ0) is 16.6. The van der Waals surface area contributed by atoms with E-state index in [1.165, 1.54) is 11.3 Å². The van der Waals surface area contributed by atoms with Gasteiger partial charge in [-0.2, -0.15) is 0 Å². The fourth-order valence-electron chi connectivity index (χ4n) is 1.83. The maximum Gasteiger partial charge on any atom is 0.159 e. The molecule has 2 aromatic heterocycles. The lowest BCUT2D eigenvalue weighted by Gasteiger charge is -1.94. The van der Waals surface area contributed by atoms with Gasteiger partial charge in [0, 0.05) is 8.95 Å². The first kappa shape index (κ1) is 17.8. The van der Waals surface area contributed by atoms with Gasteiger partial charge in [-0.05, 0) is 68.3 Å². The lowest BCUT2D eigenvalue weighted by molar-refractivity contribution is 1.47. The topological polar surface area (TPSA) is 28.7 Å². The van der Waals surface area contributed by atoms with Crippen LogP contribution >= 0.6 is 90.0 Å². The molecule has 118 valence electrons. The Labute approximate surface area is 171 Å². The Morgan fingerprint density at radius 1 is 1.00 bits per heavy atom. The summed E-state index contributed by atoms with van der Waals surface area (Å²) in [7, 11) is 0. The molecule has 1 N–H and O–H groups in total. The van der Waals surface area contributed by atoms with Crippen molar-refractivity contribution in [3.63, 3.8) is 0 Å². The van der Waals surface area contributed by atoms with Gasteiger partial charge in [-0.1, -0.05) is 23.2 Å². The second-order valence-corrected chi connectivity index (χ2v) is 9.32. The van der Waals surface area contributed by atoms with Crippen LogP contribution in [0.1, 0.15) is 0 Å². The number of benzene rings is 2. The molecule has 23 heavy (non-hydrogen) atoms. The second kappa shape index (κ2) is 7.47. The summed E-state index contributed by atoms with van der Waals surface area (Å²) < 4.78 is 4.64. The quantitative estimate of drug-likeness (QED) is 0.234. The molecule has 0 bridgehead atoms. The molecule has 0 fully saturated rings. The number of H-pyrrole nitrogens is 1. The van der Waals surface area contributed by atoms with Crippen LogP contribution in [0.15, 0.2) is 38.7 Å². The number of hydrogen-bond acceptors (Lipinski definition) is 4. The smallest absolute Gasteiger partial charge is 0.159 e. The lowest BCUT2D eigenvalue weighted by atomic mass is 10.3. The van der Waals surface area contributed by atoms with Crippen molar-refractivity contribution in [2.45, 2.75) is 0 Å². The van der Waals surface area contributed by atoms with Gasteiger partial charge in [0.25, 0.3) is 0 Å². The molecule has 0 saturated heterocycles. The maximum atomic E-state index is 6.04. The van der Waals surface area contributed by atoms with Crippen molar-refractivity contribution < 1.29 is 0 Å².